The maximum atomic E-state index is 12.2. The molecule has 1 amide bonds. The van der Waals surface area contributed by atoms with E-state index < -0.39 is 10.0 Å². The van der Waals surface area contributed by atoms with E-state index >= 15 is 0 Å². The zero-order chi connectivity index (χ0) is 15.7. The second-order valence-corrected chi connectivity index (χ2v) is 7.46. The number of ether oxygens (including phenoxy) is 2. The van der Waals surface area contributed by atoms with Crippen LogP contribution in [0.5, 0.6) is 11.5 Å². The van der Waals surface area contributed by atoms with Gasteiger partial charge in [0.05, 0.1) is 5.75 Å². The van der Waals surface area contributed by atoms with Crippen molar-refractivity contribution in [1.29, 1.82) is 0 Å². The summed E-state index contributed by atoms with van der Waals surface area (Å²) >= 11 is 0. The van der Waals surface area contributed by atoms with Crippen molar-refractivity contribution >= 4 is 21.6 Å². The molecule has 0 unspecified atom stereocenters. The van der Waals surface area contributed by atoms with Crippen molar-refractivity contribution in [2.75, 3.05) is 30.5 Å². The van der Waals surface area contributed by atoms with Gasteiger partial charge in [0.25, 0.3) is 0 Å². The van der Waals surface area contributed by atoms with Crippen molar-refractivity contribution < 1.29 is 22.7 Å². The van der Waals surface area contributed by atoms with Crippen LogP contribution in [0.4, 0.5) is 5.69 Å². The molecule has 0 aliphatic carbocycles. The van der Waals surface area contributed by atoms with E-state index in [1.807, 2.05) is 6.07 Å². The number of hydrogen-bond acceptors (Lipinski definition) is 5. The first-order valence-electron chi connectivity index (χ1n) is 7.16. The highest BCUT2D eigenvalue weighted by Crippen LogP contribution is 2.37. The molecule has 0 radical (unpaired) electrons. The van der Waals surface area contributed by atoms with Gasteiger partial charge in [-0.05, 0) is 25.0 Å². The summed E-state index contributed by atoms with van der Waals surface area (Å²) in [6.45, 7) is 2.54. The van der Waals surface area contributed by atoms with Crippen LogP contribution < -0.4 is 19.1 Å². The smallest absolute Gasteiger partial charge is 0.231 e. The van der Waals surface area contributed by atoms with Crippen LogP contribution >= 0.6 is 0 Å². The second kappa shape index (κ2) is 5.77. The fraction of sp³-hybridized carbons (Fsp3) is 0.500. The van der Waals surface area contributed by atoms with Crippen LogP contribution in [-0.4, -0.2) is 40.0 Å². The minimum Gasteiger partial charge on any atom is -0.454 e. The number of sulfonamides is 1. The highest BCUT2D eigenvalue weighted by atomic mass is 32.2. The third-order valence-electron chi connectivity index (χ3n) is 3.84. The van der Waals surface area contributed by atoms with E-state index in [0.29, 0.717) is 24.5 Å². The van der Waals surface area contributed by atoms with Gasteiger partial charge in [0.1, 0.15) is 0 Å². The Kier molecular flexibility index (Phi) is 3.96. The van der Waals surface area contributed by atoms with Gasteiger partial charge in [-0.25, -0.2) is 13.1 Å². The summed E-state index contributed by atoms with van der Waals surface area (Å²) in [5.74, 6) is 1.29. The number of amides is 1. The lowest BCUT2D eigenvalue weighted by molar-refractivity contribution is -0.117. The average Bonchev–Trinajstić information content (AvgIpc) is 3.10. The zero-order valence-corrected chi connectivity index (χ0v) is 13.1. The Balaban J connectivity index is 1.67. The molecule has 1 atom stereocenters. The van der Waals surface area contributed by atoms with Crippen LogP contribution in [0.3, 0.4) is 0 Å². The molecule has 2 heterocycles. The topological polar surface area (TPSA) is 84.9 Å². The molecule has 1 aromatic rings. The van der Waals surface area contributed by atoms with E-state index in [1.54, 1.807) is 24.0 Å². The Morgan fingerprint density at radius 2 is 2.09 bits per heavy atom. The van der Waals surface area contributed by atoms with Crippen molar-refractivity contribution in [3.05, 3.63) is 18.2 Å². The Bertz CT molecular complexity index is 688. The normalized spacial score (nSPS) is 20.7. The van der Waals surface area contributed by atoms with Crippen LogP contribution in [-0.2, 0) is 14.8 Å². The molecule has 120 valence electrons. The van der Waals surface area contributed by atoms with E-state index in [2.05, 4.69) is 4.72 Å². The Morgan fingerprint density at radius 3 is 2.86 bits per heavy atom. The molecule has 1 saturated heterocycles. The molecule has 7 nitrogen and oxygen atoms in total. The number of benzene rings is 1. The Hall–Kier alpha value is -1.80. The molecule has 1 N–H and O–H groups in total. The fourth-order valence-electron chi connectivity index (χ4n) is 2.57. The highest BCUT2D eigenvalue weighted by molar-refractivity contribution is 7.89. The molecule has 0 saturated carbocycles. The van der Waals surface area contributed by atoms with Crippen molar-refractivity contribution in [3.8, 4) is 11.5 Å². The number of anilines is 1. The number of rotatable bonds is 5. The van der Waals surface area contributed by atoms with Gasteiger partial charge in [-0.1, -0.05) is 0 Å². The molecule has 0 bridgehead atoms. The predicted octanol–water partition coefficient (Wildman–Crippen LogP) is 0.707. The van der Waals surface area contributed by atoms with Crippen molar-refractivity contribution in [3.63, 3.8) is 0 Å². The summed E-state index contributed by atoms with van der Waals surface area (Å²) in [5, 5.41) is 0. The molecule has 8 heteroatoms. The van der Waals surface area contributed by atoms with Crippen LogP contribution in [0.25, 0.3) is 0 Å². The molecule has 1 aromatic carbocycles. The summed E-state index contributed by atoms with van der Waals surface area (Å²) < 4.78 is 36.1. The first-order chi connectivity index (χ1) is 10.5. The molecule has 2 aliphatic rings. The van der Waals surface area contributed by atoms with E-state index in [9.17, 15) is 13.2 Å². The summed E-state index contributed by atoms with van der Waals surface area (Å²) in [5.41, 5.74) is 0.745. The standard InChI is InChI=1S/C14H18N2O5S/c1-2-22(18,19)15-7-10-5-14(17)16(8-10)11-3-4-12-13(6-11)21-9-20-12/h3-4,6,10,15H,2,5,7-9H2,1H3/t10-/m1/s1. The van der Waals surface area contributed by atoms with Gasteiger partial charge in [-0.3, -0.25) is 4.79 Å². The number of nitrogens with one attached hydrogen (secondary N) is 1. The number of carbonyl (C=O) groups is 1. The number of fused-ring (bicyclic) bond motifs is 1. The number of carbonyl (C=O) groups excluding carboxylic acids is 1. The third-order valence-corrected chi connectivity index (χ3v) is 5.21. The van der Waals surface area contributed by atoms with E-state index in [4.69, 9.17) is 9.47 Å². The number of hydrogen-bond donors (Lipinski definition) is 1. The van der Waals surface area contributed by atoms with Crippen LogP contribution in [0.15, 0.2) is 18.2 Å². The molecular weight excluding hydrogens is 308 g/mol. The fourth-order valence-corrected chi connectivity index (χ4v) is 3.26. The van der Waals surface area contributed by atoms with Gasteiger partial charge in [-0.15, -0.1) is 0 Å². The van der Waals surface area contributed by atoms with E-state index in [1.165, 1.54) is 0 Å². The van der Waals surface area contributed by atoms with Crippen LogP contribution in [0, 0.1) is 5.92 Å². The first kappa shape index (κ1) is 15.1. The highest BCUT2D eigenvalue weighted by Gasteiger charge is 2.32. The van der Waals surface area contributed by atoms with Crippen molar-refractivity contribution in [2.24, 2.45) is 5.92 Å². The summed E-state index contributed by atoms with van der Waals surface area (Å²) in [7, 11) is -3.23. The summed E-state index contributed by atoms with van der Waals surface area (Å²) in [4.78, 5) is 13.8. The lowest BCUT2D eigenvalue weighted by atomic mass is 10.1. The van der Waals surface area contributed by atoms with Crippen molar-refractivity contribution in [2.45, 2.75) is 13.3 Å². The van der Waals surface area contributed by atoms with Gasteiger partial charge in [0, 0.05) is 31.3 Å². The molecule has 1 fully saturated rings. The first-order valence-corrected chi connectivity index (χ1v) is 8.81. The molecule has 0 spiro atoms. The minimum absolute atomic E-state index is 0.0143. The van der Waals surface area contributed by atoms with Crippen molar-refractivity contribution in [1.82, 2.24) is 4.72 Å². The van der Waals surface area contributed by atoms with Gasteiger partial charge in [0.15, 0.2) is 11.5 Å². The van der Waals surface area contributed by atoms with Gasteiger partial charge >= 0.3 is 0 Å². The minimum atomic E-state index is -3.23. The van der Waals surface area contributed by atoms with Crippen LogP contribution in [0.1, 0.15) is 13.3 Å². The van der Waals surface area contributed by atoms with E-state index in [0.717, 1.165) is 5.69 Å². The zero-order valence-electron chi connectivity index (χ0n) is 12.2. The summed E-state index contributed by atoms with van der Waals surface area (Å²) in [6.07, 6.45) is 0.334. The monoisotopic (exact) mass is 326 g/mol. The molecule has 3 rings (SSSR count). The molecule has 2 aliphatic heterocycles. The maximum absolute atomic E-state index is 12.2. The Labute approximate surface area is 129 Å². The third kappa shape index (κ3) is 3.02. The molecule has 0 aromatic heterocycles. The largest absolute Gasteiger partial charge is 0.454 e. The quantitative estimate of drug-likeness (QED) is 0.861. The Morgan fingerprint density at radius 1 is 1.32 bits per heavy atom. The number of nitrogens with zero attached hydrogens (tertiary/aromatic N) is 1. The molecular formula is C14H18N2O5S. The van der Waals surface area contributed by atoms with Crippen LogP contribution in [0.2, 0.25) is 0 Å². The van der Waals surface area contributed by atoms with Gasteiger partial charge in [-0.2, -0.15) is 0 Å². The summed E-state index contributed by atoms with van der Waals surface area (Å²) in [6, 6.07) is 5.36. The maximum Gasteiger partial charge on any atom is 0.231 e. The van der Waals surface area contributed by atoms with E-state index in [-0.39, 0.29) is 30.9 Å². The second-order valence-electron chi connectivity index (χ2n) is 5.36. The lowest BCUT2D eigenvalue weighted by Gasteiger charge is -2.17. The molecule has 22 heavy (non-hydrogen) atoms. The van der Waals surface area contributed by atoms with Gasteiger partial charge < -0.3 is 14.4 Å². The predicted molar refractivity (Wildman–Crippen MR) is 80.5 cm³/mol. The SMILES string of the molecule is CCS(=O)(=O)NC[C@H]1CC(=O)N(c2ccc3c(c2)OCO3)C1. The van der Waals surface area contributed by atoms with Gasteiger partial charge in [0.2, 0.25) is 22.7 Å². The average molecular weight is 326 g/mol. The lowest BCUT2D eigenvalue weighted by Crippen LogP contribution is -2.32.